The van der Waals surface area contributed by atoms with Crippen LogP contribution in [0.25, 0.3) is 0 Å². The lowest BCUT2D eigenvalue weighted by Crippen LogP contribution is -2.44. The van der Waals surface area contributed by atoms with Gasteiger partial charge in [-0.1, -0.05) is 6.07 Å². The summed E-state index contributed by atoms with van der Waals surface area (Å²) in [5.74, 6) is -2.62. The summed E-state index contributed by atoms with van der Waals surface area (Å²) < 4.78 is 31.7. The number of benzene rings is 1. The van der Waals surface area contributed by atoms with Crippen LogP contribution in [0.5, 0.6) is 0 Å². The summed E-state index contributed by atoms with van der Waals surface area (Å²) in [6.07, 6.45) is -0.718. The number of nitrogens with zero attached hydrogens (tertiary/aromatic N) is 1. The summed E-state index contributed by atoms with van der Waals surface area (Å²) in [5, 5.41) is 0. The third-order valence-electron chi connectivity index (χ3n) is 2.78. The minimum absolute atomic E-state index is 0.245. The lowest BCUT2D eigenvalue weighted by atomic mass is 10.0. The van der Waals surface area contributed by atoms with E-state index in [4.69, 9.17) is 4.74 Å². The maximum Gasteiger partial charge on any atom is 0.195 e. The highest BCUT2D eigenvalue weighted by Gasteiger charge is 2.28. The molecule has 1 aliphatic heterocycles. The Kier molecular flexibility index (Phi) is 3.49. The van der Waals surface area contributed by atoms with Crippen LogP contribution < -0.4 is 0 Å². The number of carbonyl (C=O) groups is 1. The summed E-state index contributed by atoms with van der Waals surface area (Å²) >= 11 is 0. The molecule has 0 amide bonds. The predicted molar refractivity (Wildman–Crippen MR) is 57.9 cm³/mol. The van der Waals surface area contributed by atoms with Gasteiger partial charge in [-0.3, -0.25) is 4.79 Å². The van der Waals surface area contributed by atoms with Crippen LogP contribution in [0.2, 0.25) is 0 Å². The molecule has 17 heavy (non-hydrogen) atoms. The van der Waals surface area contributed by atoms with Crippen LogP contribution >= 0.6 is 0 Å². The van der Waals surface area contributed by atoms with Gasteiger partial charge in [-0.05, 0) is 19.2 Å². The minimum Gasteiger partial charge on any atom is -0.367 e. The Hall–Kier alpha value is -1.33. The summed E-state index contributed by atoms with van der Waals surface area (Å²) in [5.41, 5.74) is -0.245. The second-order valence-corrected chi connectivity index (χ2v) is 4.09. The average molecular weight is 241 g/mol. The molecule has 0 aliphatic carbocycles. The zero-order valence-corrected chi connectivity index (χ0v) is 9.45. The van der Waals surface area contributed by atoms with Crippen LogP contribution in [0, 0.1) is 11.6 Å². The molecular formula is C12H13F2NO2. The third-order valence-corrected chi connectivity index (χ3v) is 2.78. The number of rotatable bonds is 2. The molecule has 5 heteroatoms. The monoisotopic (exact) mass is 241 g/mol. The van der Waals surface area contributed by atoms with E-state index in [0.717, 1.165) is 12.6 Å². The molecule has 0 N–H and O–H groups in total. The van der Waals surface area contributed by atoms with Crippen molar-refractivity contribution >= 4 is 5.78 Å². The highest BCUT2D eigenvalue weighted by molar-refractivity contribution is 6.00. The molecule has 1 aromatic rings. The van der Waals surface area contributed by atoms with Crippen molar-refractivity contribution in [3.63, 3.8) is 0 Å². The summed E-state index contributed by atoms with van der Waals surface area (Å²) in [6.45, 7) is 1.55. The zero-order chi connectivity index (χ0) is 12.4. The highest BCUT2D eigenvalue weighted by atomic mass is 19.2. The Bertz CT molecular complexity index is 437. The van der Waals surface area contributed by atoms with Crippen molar-refractivity contribution in [2.75, 3.05) is 26.7 Å². The average Bonchev–Trinajstić information content (AvgIpc) is 2.32. The van der Waals surface area contributed by atoms with Gasteiger partial charge in [-0.2, -0.15) is 0 Å². The topological polar surface area (TPSA) is 29.5 Å². The zero-order valence-electron chi connectivity index (χ0n) is 9.45. The van der Waals surface area contributed by atoms with Gasteiger partial charge in [0.05, 0.1) is 12.2 Å². The van der Waals surface area contributed by atoms with Crippen molar-refractivity contribution in [2.24, 2.45) is 0 Å². The fraction of sp³-hybridized carbons (Fsp3) is 0.417. The molecule has 92 valence electrons. The summed E-state index contributed by atoms with van der Waals surface area (Å²) in [7, 11) is 1.85. The highest BCUT2D eigenvalue weighted by Crippen LogP contribution is 2.16. The molecule has 0 saturated carbocycles. The first kappa shape index (κ1) is 12.1. The van der Waals surface area contributed by atoms with E-state index in [1.165, 1.54) is 12.1 Å². The number of ether oxygens (including phenoxy) is 1. The quantitative estimate of drug-likeness (QED) is 0.734. The van der Waals surface area contributed by atoms with Gasteiger partial charge in [0.1, 0.15) is 6.10 Å². The second-order valence-electron chi connectivity index (χ2n) is 4.09. The standard InChI is InChI=1S/C12H13F2NO2/c1-15-5-6-17-10(7-15)12(16)8-3-2-4-9(13)11(8)14/h2-4,10H,5-7H2,1H3. The molecule has 1 unspecified atom stereocenters. The van der Waals surface area contributed by atoms with E-state index in [0.29, 0.717) is 13.2 Å². The number of hydrogen-bond donors (Lipinski definition) is 0. The molecule has 2 rings (SSSR count). The summed E-state index contributed by atoms with van der Waals surface area (Å²) in [4.78, 5) is 13.9. The molecule has 3 nitrogen and oxygen atoms in total. The number of halogens is 2. The molecule has 1 saturated heterocycles. The smallest absolute Gasteiger partial charge is 0.195 e. The van der Waals surface area contributed by atoms with Crippen LogP contribution in [0.3, 0.4) is 0 Å². The first-order valence-electron chi connectivity index (χ1n) is 5.38. The number of Topliss-reactive ketones (excluding diaryl/α,β-unsaturated/α-hetero) is 1. The van der Waals surface area contributed by atoms with Crippen LogP contribution in [-0.4, -0.2) is 43.5 Å². The molecule has 1 aliphatic rings. The number of hydrogen-bond acceptors (Lipinski definition) is 3. The van der Waals surface area contributed by atoms with Gasteiger partial charge in [0.2, 0.25) is 0 Å². The van der Waals surface area contributed by atoms with Gasteiger partial charge in [0.15, 0.2) is 17.4 Å². The molecule has 1 aromatic carbocycles. The lowest BCUT2D eigenvalue weighted by Gasteiger charge is -2.29. The Morgan fingerprint density at radius 1 is 1.47 bits per heavy atom. The largest absolute Gasteiger partial charge is 0.367 e. The minimum atomic E-state index is -1.10. The molecule has 0 aromatic heterocycles. The second kappa shape index (κ2) is 4.89. The fourth-order valence-electron chi connectivity index (χ4n) is 1.80. The fourth-order valence-corrected chi connectivity index (χ4v) is 1.80. The van der Waals surface area contributed by atoms with Crippen molar-refractivity contribution in [1.29, 1.82) is 0 Å². The molecule has 1 heterocycles. The van der Waals surface area contributed by atoms with Gasteiger partial charge in [-0.15, -0.1) is 0 Å². The van der Waals surface area contributed by atoms with Crippen molar-refractivity contribution < 1.29 is 18.3 Å². The summed E-state index contributed by atoms with van der Waals surface area (Å²) in [6, 6.07) is 3.58. The Balaban J connectivity index is 2.22. The Morgan fingerprint density at radius 2 is 2.24 bits per heavy atom. The number of morpholine rings is 1. The van der Waals surface area contributed by atoms with E-state index in [2.05, 4.69) is 0 Å². The van der Waals surface area contributed by atoms with Crippen LogP contribution in [-0.2, 0) is 4.74 Å². The van der Waals surface area contributed by atoms with Crippen molar-refractivity contribution in [3.8, 4) is 0 Å². The van der Waals surface area contributed by atoms with E-state index in [1.54, 1.807) is 0 Å². The van der Waals surface area contributed by atoms with E-state index in [1.807, 2.05) is 11.9 Å². The van der Waals surface area contributed by atoms with Gasteiger partial charge in [-0.25, -0.2) is 8.78 Å². The molecule has 0 spiro atoms. The molecule has 0 bridgehead atoms. The SMILES string of the molecule is CN1CCOC(C(=O)c2cccc(F)c2F)C1. The van der Waals surface area contributed by atoms with Gasteiger partial charge >= 0.3 is 0 Å². The van der Waals surface area contributed by atoms with Gasteiger partial charge in [0.25, 0.3) is 0 Å². The van der Waals surface area contributed by atoms with E-state index < -0.39 is 23.5 Å². The van der Waals surface area contributed by atoms with E-state index in [-0.39, 0.29) is 5.56 Å². The van der Waals surface area contributed by atoms with Gasteiger partial charge < -0.3 is 9.64 Å². The molecule has 0 radical (unpaired) electrons. The number of likely N-dealkylation sites (N-methyl/N-ethyl adjacent to an activating group) is 1. The first-order valence-corrected chi connectivity index (χ1v) is 5.38. The molecule has 1 fully saturated rings. The number of ketones is 1. The lowest BCUT2D eigenvalue weighted by molar-refractivity contribution is -0.00886. The normalized spacial score (nSPS) is 21.5. The van der Waals surface area contributed by atoms with Crippen molar-refractivity contribution in [3.05, 3.63) is 35.4 Å². The van der Waals surface area contributed by atoms with E-state index >= 15 is 0 Å². The van der Waals surface area contributed by atoms with Crippen molar-refractivity contribution in [1.82, 2.24) is 4.90 Å². The van der Waals surface area contributed by atoms with Gasteiger partial charge in [0, 0.05) is 13.1 Å². The van der Waals surface area contributed by atoms with Crippen LogP contribution in [0.15, 0.2) is 18.2 Å². The maximum absolute atomic E-state index is 13.4. The predicted octanol–water partition coefficient (Wildman–Crippen LogP) is 1.48. The van der Waals surface area contributed by atoms with E-state index in [9.17, 15) is 13.6 Å². The first-order chi connectivity index (χ1) is 8.09. The Labute approximate surface area is 98.0 Å². The molecular weight excluding hydrogens is 228 g/mol. The van der Waals surface area contributed by atoms with Crippen molar-refractivity contribution in [2.45, 2.75) is 6.10 Å². The third kappa shape index (κ3) is 2.50. The van der Waals surface area contributed by atoms with Crippen LogP contribution in [0.1, 0.15) is 10.4 Å². The molecule has 1 atom stereocenters. The maximum atomic E-state index is 13.4. The number of carbonyl (C=O) groups excluding carboxylic acids is 1. The van der Waals surface area contributed by atoms with Crippen LogP contribution in [0.4, 0.5) is 8.78 Å². The Morgan fingerprint density at radius 3 is 2.94 bits per heavy atom.